The molecule has 72 valence electrons. The molecule has 4 heteroatoms. The van der Waals surface area contributed by atoms with E-state index in [4.69, 9.17) is 11.6 Å². The third-order valence-electron chi connectivity index (χ3n) is 1.67. The van der Waals surface area contributed by atoms with Gasteiger partial charge in [0.05, 0.1) is 6.20 Å². The fraction of sp³-hybridized carbons (Fsp3) is 0.444. The van der Waals surface area contributed by atoms with Gasteiger partial charge in [-0.1, -0.05) is 18.2 Å². The first-order valence-corrected chi connectivity index (χ1v) is 4.58. The van der Waals surface area contributed by atoms with E-state index in [-0.39, 0.29) is 0 Å². The van der Waals surface area contributed by atoms with E-state index in [2.05, 4.69) is 17.0 Å². The standard InChI is InChI=1S/C9H14ClN3/c1-8(10)5-11-4-3-9-6-12-13(2)7-9/h6-7,11H,1,3-5H2,2H3. The Bertz CT molecular complexity index is 280. The molecular weight excluding hydrogens is 186 g/mol. The molecule has 1 aromatic heterocycles. The van der Waals surface area contributed by atoms with E-state index < -0.39 is 0 Å². The Labute approximate surface area is 83.4 Å². The third kappa shape index (κ3) is 4.10. The average Bonchev–Trinajstić information content (AvgIpc) is 2.45. The third-order valence-corrected chi connectivity index (χ3v) is 1.80. The van der Waals surface area contributed by atoms with Gasteiger partial charge in [0.25, 0.3) is 0 Å². The molecule has 13 heavy (non-hydrogen) atoms. The second kappa shape index (κ2) is 5.04. The van der Waals surface area contributed by atoms with Crippen molar-refractivity contribution in [3.8, 4) is 0 Å². The molecule has 0 radical (unpaired) electrons. The van der Waals surface area contributed by atoms with Gasteiger partial charge in [0.15, 0.2) is 0 Å². The number of rotatable bonds is 5. The highest BCUT2D eigenvalue weighted by Crippen LogP contribution is 1.97. The quantitative estimate of drug-likeness (QED) is 0.725. The number of hydrogen-bond acceptors (Lipinski definition) is 2. The molecule has 1 aromatic rings. The smallest absolute Gasteiger partial charge is 0.0522 e. The maximum absolute atomic E-state index is 5.59. The van der Waals surface area contributed by atoms with Crippen LogP contribution in [0.1, 0.15) is 5.56 Å². The van der Waals surface area contributed by atoms with Crippen LogP contribution in [0.15, 0.2) is 24.0 Å². The van der Waals surface area contributed by atoms with Gasteiger partial charge in [-0.25, -0.2) is 0 Å². The van der Waals surface area contributed by atoms with Crippen molar-refractivity contribution < 1.29 is 0 Å². The van der Waals surface area contributed by atoms with Gasteiger partial charge in [0, 0.05) is 24.8 Å². The Kier molecular flexibility index (Phi) is 3.99. The number of halogens is 1. The summed E-state index contributed by atoms with van der Waals surface area (Å²) < 4.78 is 1.80. The fourth-order valence-electron chi connectivity index (χ4n) is 1.06. The zero-order chi connectivity index (χ0) is 9.68. The van der Waals surface area contributed by atoms with E-state index in [1.54, 1.807) is 4.68 Å². The predicted octanol–water partition coefficient (Wildman–Crippen LogP) is 1.30. The van der Waals surface area contributed by atoms with Crippen LogP contribution >= 0.6 is 11.6 Å². The number of nitrogens with one attached hydrogen (secondary N) is 1. The summed E-state index contributed by atoms with van der Waals surface area (Å²) in [5.41, 5.74) is 1.23. The maximum atomic E-state index is 5.59. The van der Waals surface area contributed by atoms with Crippen molar-refractivity contribution in [1.29, 1.82) is 0 Å². The highest BCUT2D eigenvalue weighted by Gasteiger charge is 1.95. The van der Waals surface area contributed by atoms with Crippen LogP contribution in [0.4, 0.5) is 0 Å². The molecular formula is C9H14ClN3. The molecule has 0 amide bonds. The monoisotopic (exact) mass is 199 g/mol. The van der Waals surface area contributed by atoms with Gasteiger partial charge < -0.3 is 5.32 Å². The normalized spacial score (nSPS) is 10.3. The first-order chi connectivity index (χ1) is 6.18. The zero-order valence-corrected chi connectivity index (χ0v) is 8.51. The van der Waals surface area contributed by atoms with E-state index in [0.717, 1.165) is 13.0 Å². The van der Waals surface area contributed by atoms with Crippen molar-refractivity contribution in [3.05, 3.63) is 29.6 Å². The highest BCUT2D eigenvalue weighted by molar-refractivity contribution is 6.29. The molecule has 0 aliphatic carbocycles. The molecule has 0 atom stereocenters. The molecule has 0 bridgehead atoms. The van der Waals surface area contributed by atoms with Crippen molar-refractivity contribution >= 4 is 11.6 Å². The average molecular weight is 200 g/mol. The molecule has 0 aromatic carbocycles. The van der Waals surface area contributed by atoms with Gasteiger partial charge in [-0.05, 0) is 18.5 Å². The summed E-state index contributed by atoms with van der Waals surface area (Å²) in [6.07, 6.45) is 4.85. The summed E-state index contributed by atoms with van der Waals surface area (Å²) in [5, 5.41) is 7.89. The predicted molar refractivity (Wildman–Crippen MR) is 54.8 cm³/mol. The minimum Gasteiger partial charge on any atom is -0.311 e. The largest absolute Gasteiger partial charge is 0.311 e. The Balaban J connectivity index is 2.16. The topological polar surface area (TPSA) is 29.9 Å². The lowest BCUT2D eigenvalue weighted by Gasteiger charge is -2.00. The van der Waals surface area contributed by atoms with Crippen LogP contribution in [0, 0.1) is 0 Å². The van der Waals surface area contributed by atoms with Crippen LogP contribution in [0.5, 0.6) is 0 Å². The molecule has 0 saturated carbocycles. The molecule has 3 nitrogen and oxygen atoms in total. The van der Waals surface area contributed by atoms with E-state index in [1.807, 2.05) is 19.4 Å². The first kappa shape index (κ1) is 10.3. The van der Waals surface area contributed by atoms with E-state index in [0.29, 0.717) is 11.6 Å². The van der Waals surface area contributed by atoms with Crippen LogP contribution < -0.4 is 5.32 Å². The van der Waals surface area contributed by atoms with Crippen LogP contribution in [0.25, 0.3) is 0 Å². The summed E-state index contributed by atoms with van der Waals surface area (Å²) in [7, 11) is 1.91. The Hall–Kier alpha value is -0.800. The molecule has 1 heterocycles. The maximum Gasteiger partial charge on any atom is 0.0522 e. The summed E-state index contributed by atoms with van der Waals surface area (Å²) in [5.74, 6) is 0. The van der Waals surface area contributed by atoms with Gasteiger partial charge in [0.1, 0.15) is 0 Å². The summed E-state index contributed by atoms with van der Waals surface area (Å²) in [4.78, 5) is 0. The lowest BCUT2D eigenvalue weighted by atomic mass is 10.2. The van der Waals surface area contributed by atoms with Crippen molar-refractivity contribution in [2.45, 2.75) is 6.42 Å². The first-order valence-electron chi connectivity index (χ1n) is 4.20. The Morgan fingerprint density at radius 3 is 3.08 bits per heavy atom. The van der Waals surface area contributed by atoms with Crippen molar-refractivity contribution in [3.63, 3.8) is 0 Å². The second-order valence-electron chi connectivity index (χ2n) is 2.97. The number of aromatic nitrogens is 2. The van der Waals surface area contributed by atoms with Gasteiger partial charge in [-0.3, -0.25) is 4.68 Å². The number of nitrogens with zero attached hydrogens (tertiary/aromatic N) is 2. The van der Waals surface area contributed by atoms with Crippen LogP contribution in [-0.4, -0.2) is 22.9 Å². The van der Waals surface area contributed by atoms with Crippen molar-refractivity contribution in [1.82, 2.24) is 15.1 Å². The summed E-state index contributed by atoms with van der Waals surface area (Å²) in [6, 6.07) is 0. The zero-order valence-electron chi connectivity index (χ0n) is 7.76. The second-order valence-corrected chi connectivity index (χ2v) is 3.50. The highest BCUT2D eigenvalue weighted by atomic mass is 35.5. The Morgan fingerprint density at radius 1 is 1.77 bits per heavy atom. The minimum atomic E-state index is 0.645. The van der Waals surface area contributed by atoms with Crippen molar-refractivity contribution in [2.75, 3.05) is 13.1 Å². The van der Waals surface area contributed by atoms with Gasteiger partial charge in [-0.15, -0.1) is 0 Å². The lowest BCUT2D eigenvalue weighted by Crippen LogP contribution is -2.18. The molecule has 0 fully saturated rings. The molecule has 0 spiro atoms. The van der Waals surface area contributed by atoms with E-state index in [9.17, 15) is 0 Å². The van der Waals surface area contributed by atoms with Crippen LogP contribution in [0.2, 0.25) is 0 Å². The van der Waals surface area contributed by atoms with E-state index >= 15 is 0 Å². The lowest BCUT2D eigenvalue weighted by molar-refractivity contribution is 0.737. The van der Waals surface area contributed by atoms with Gasteiger partial charge in [-0.2, -0.15) is 5.10 Å². The molecule has 0 saturated heterocycles. The Morgan fingerprint density at radius 2 is 2.54 bits per heavy atom. The van der Waals surface area contributed by atoms with Crippen LogP contribution in [-0.2, 0) is 13.5 Å². The summed E-state index contributed by atoms with van der Waals surface area (Å²) in [6.45, 7) is 5.16. The molecule has 1 N–H and O–H groups in total. The van der Waals surface area contributed by atoms with Gasteiger partial charge in [0.2, 0.25) is 0 Å². The summed E-state index contributed by atoms with van der Waals surface area (Å²) >= 11 is 5.59. The SMILES string of the molecule is C=C(Cl)CNCCc1cnn(C)c1. The molecule has 0 aliphatic rings. The number of hydrogen-bond donors (Lipinski definition) is 1. The molecule has 0 aliphatic heterocycles. The fourth-order valence-corrected chi connectivity index (χ4v) is 1.15. The minimum absolute atomic E-state index is 0.645. The van der Waals surface area contributed by atoms with Gasteiger partial charge >= 0.3 is 0 Å². The van der Waals surface area contributed by atoms with E-state index in [1.165, 1.54) is 5.56 Å². The van der Waals surface area contributed by atoms with Crippen LogP contribution in [0.3, 0.4) is 0 Å². The van der Waals surface area contributed by atoms with Crippen molar-refractivity contribution in [2.24, 2.45) is 7.05 Å². The molecule has 0 unspecified atom stereocenters. The molecule has 1 rings (SSSR count). The number of aryl methyl sites for hydroxylation is 1.